The van der Waals surface area contributed by atoms with Gasteiger partial charge in [0.1, 0.15) is 0 Å². The number of carbonyl (C=O) groups is 1. The van der Waals surface area contributed by atoms with Gasteiger partial charge in [0.25, 0.3) is 0 Å². The Balaban J connectivity index is 2.83. The number of benzene rings is 1. The van der Waals surface area contributed by atoms with Crippen LogP contribution in [0.5, 0.6) is 0 Å². The van der Waals surface area contributed by atoms with Crippen molar-refractivity contribution in [2.45, 2.75) is 6.42 Å². The molecule has 0 aliphatic heterocycles. The highest BCUT2D eigenvalue weighted by molar-refractivity contribution is 5.93. The van der Waals surface area contributed by atoms with Gasteiger partial charge in [-0.2, -0.15) is 0 Å². The molecule has 0 heterocycles. The number of rotatable bonds is 2. The summed E-state index contributed by atoms with van der Waals surface area (Å²) in [5, 5.41) is 2.64. The van der Waals surface area contributed by atoms with Gasteiger partial charge in [0.2, 0.25) is 5.91 Å². The number of hydrogen-bond acceptors (Lipinski definition) is 1. The molecule has 2 heteroatoms. The molecular weight excluding hydrogens is 174 g/mol. The van der Waals surface area contributed by atoms with Gasteiger partial charge < -0.3 is 5.32 Å². The third kappa shape index (κ3) is 2.40. The predicted octanol–water partition coefficient (Wildman–Crippen LogP) is 1.63. The zero-order valence-corrected chi connectivity index (χ0v) is 7.58. The Morgan fingerprint density at radius 1 is 1.36 bits per heavy atom. The second kappa shape index (κ2) is 4.74. The van der Waals surface area contributed by atoms with E-state index in [0.29, 0.717) is 11.3 Å². The topological polar surface area (TPSA) is 29.1 Å². The van der Waals surface area contributed by atoms with Crippen molar-refractivity contribution in [3.8, 4) is 24.7 Å². The monoisotopic (exact) mass is 183 g/mol. The molecule has 2 nitrogen and oxygen atoms in total. The first-order chi connectivity index (χ1) is 6.77. The minimum Gasteiger partial charge on any atom is -0.324 e. The van der Waals surface area contributed by atoms with Crippen LogP contribution >= 0.6 is 0 Å². The third-order valence-corrected chi connectivity index (χ3v) is 1.62. The quantitative estimate of drug-likeness (QED) is 0.694. The summed E-state index contributed by atoms with van der Waals surface area (Å²) in [6.07, 6.45) is 10.3. The fraction of sp³-hybridized carbons (Fsp3) is 0.0833. The van der Waals surface area contributed by atoms with Crippen molar-refractivity contribution in [3.05, 3.63) is 29.8 Å². The van der Waals surface area contributed by atoms with Crippen molar-refractivity contribution in [2.75, 3.05) is 5.32 Å². The van der Waals surface area contributed by atoms with Crippen LogP contribution in [0.2, 0.25) is 0 Å². The van der Waals surface area contributed by atoms with Gasteiger partial charge >= 0.3 is 0 Å². The SMILES string of the molecule is C#CCC(=O)Nc1ccccc1C#C. The van der Waals surface area contributed by atoms with E-state index in [2.05, 4.69) is 17.2 Å². The van der Waals surface area contributed by atoms with Crippen molar-refractivity contribution < 1.29 is 4.79 Å². The molecule has 0 aliphatic rings. The van der Waals surface area contributed by atoms with Crippen molar-refractivity contribution in [2.24, 2.45) is 0 Å². The number of para-hydroxylation sites is 1. The lowest BCUT2D eigenvalue weighted by Gasteiger charge is -2.04. The number of carbonyl (C=O) groups excluding carboxylic acids is 1. The molecule has 1 N–H and O–H groups in total. The van der Waals surface area contributed by atoms with E-state index in [9.17, 15) is 4.79 Å². The highest BCUT2D eigenvalue weighted by Gasteiger charge is 2.02. The molecule has 0 atom stereocenters. The number of amides is 1. The van der Waals surface area contributed by atoms with Gasteiger partial charge in [-0.25, -0.2) is 0 Å². The third-order valence-electron chi connectivity index (χ3n) is 1.62. The van der Waals surface area contributed by atoms with Gasteiger partial charge in [-0.3, -0.25) is 4.79 Å². The van der Waals surface area contributed by atoms with Gasteiger partial charge in [-0.1, -0.05) is 24.0 Å². The molecule has 0 saturated heterocycles. The lowest BCUT2D eigenvalue weighted by atomic mass is 10.2. The molecule has 1 amide bonds. The molecule has 0 spiro atoms. The molecular formula is C12H9NO. The summed E-state index contributed by atoms with van der Waals surface area (Å²) in [6, 6.07) is 7.10. The maximum atomic E-state index is 11.2. The molecule has 0 radical (unpaired) electrons. The van der Waals surface area contributed by atoms with E-state index in [4.69, 9.17) is 12.8 Å². The van der Waals surface area contributed by atoms with E-state index in [-0.39, 0.29) is 12.3 Å². The zero-order valence-electron chi connectivity index (χ0n) is 7.58. The highest BCUT2D eigenvalue weighted by atomic mass is 16.1. The number of hydrogen-bond donors (Lipinski definition) is 1. The van der Waals surface area contributed by atoms with Gasteiger partial charge in [0.05, 0.1) is 12.1 Å². The summed E-state index contributed by atoms with van der Waals surface area (Å²) in [7, 11) is 0. The van der Waals surface area contributed by atoms with E-state index in [1.165, 1.54) is 0 Å². The molecule has 1 aromatic rings. The number of anilines is 1. The van der Waals surface area contributed by atoms with Crippen molar-refractivity contribution >= 4 is 11.6 Å². The zero-order chi connectivity index (χ0) is 10.4. The molecule has 0 saturated carbocycles. The molecule has 0 bridgehead atoms. The van der Waals surface area contributed by atoms with E-state index >= 15 is 0 Å². The predicted molar refractivity (Wildman–Crippen MR) is 56.5 cm³/mol. The Bertz CT molecular complexity index is 421. The lowest BCUT2D eigenvalue weighted by Crippen LogP contribution is -2.11. The highest BCUT2D eigenvalue weighted by Crippen LogP contribution is 2.13. The van der Waals surface area contributed by atoms with E-state index in [1.54, 1.807) is 18.2 Å². The summed E-state index contributed by atoms with van der Waals surface area (Å²) in [5.41, 5.74) is 1.27. The van der Waals surface area contributed by atoms with Crippen LogP contribution in [0.4, 0.5) is 5.69 Å². The Labute approximate surface area is 83.3 Å². The minimum absolute atomic E-state index is 0.0545. The molecule has 68 valence electrons. The van der Waals surface area contributed by atoms with E-state index in [1.807, 2.05) is 6.07 Å². The second-order valence-electron chi connectivity index (χ2n) is 2.62. The average Bonchev–Trinajstić information content (AvgIpc) is 2.19. The van der Waals surface area contributed by atoms with Gasteiger partial charge in [0.15, 0.2) is 0 Å². The average molecular weight is 183 g/mol. The maximum absolute atomic E-state index is 11.2. The van der Waals surface area contributed by atoms with Crippen LogP contribution in [-0.2, 0) is 4.79 Å². The van der Waals surface area contributed by atoms with Crippen LogP contribution in [-0.4, -0.2) is 5.91 Å². The van der Waals surface area contributed by atoms with Gasteiger partial charge in [-0.15, -0.1) is 12.8 Å². The first kappa shape index (κ1) is 9.89. The van der Waals surface area contributed by atoms with Crippen LogP contribution in [0.1, 0.15) is 12.0 Å². The summed E-state index contributed by atoms with van der Waals surface area (Å²) < 4.78 is 0. The molecule has 0 unspecified atom stereocenters. The van der Waals surface area contributed by atoms with Crippen molar-refractivity contribution in [1.82, 2.24) is 0 Å². The van der Waals surface area contributed by atoms with Crippen molar-refractivity contribution in [1.29, 1.82) is 0 Å². The molecule has 0 aromatic heterocycles. The molecule has 0 fully saturated rings. The van der Waals surface area contributed by atoms with Crippen LogP contribution in [0.15, 0.2) is 24.3 Å². The normalized spacial score (nSPS) is 8.43. The standard InChI is InChI=1S/C12H9NO/c1-3-7-12(14)13-11-9-6-5-8-10(11)4-2/h1-2,5-6,8-9H,7H2,(H,13,14). The van der Waals surface area contributed by atoms with Crippen molar-refractivity contribution in [3.63, 3.8) is 0 Å². The Kier molecular flexibility index (Phi) is 3.35. The smallest absolute Gasteiger partial charge is 0.236 e. The van der Waals surface area contributed by atoms with Crippen LogP contribution in [0.25, 0.3) is 0 Å². The molecule has 14 heavy (non-hydrogen) atoms. The second-order valence-corrected chi connectivity index (χ2v) is 2.62. The first-order valence-electron chi connectivity index (χ1n) is 4.07. The minimum atomic E-state index is -0.227. The number of terminal acetylenes is 2. The maximum Gasteiger partial charge on any atom is 0.236 e. The molecule has 1 rings (SSSR count). The number of nitrogens with one attached hydrogen (secondary N) is 1. The lowest BCUT2D eigenvalue weighted by molar-refractivity contribution is -0.115. The fourth-order valence-electron chi connectivity index (χ4n) is 1.01. The summed E-state index contributed by atoms with van der Waals surface area (Å²) in [5.74, 6) is 4.51. The Morgan fingerprint density at radius 3 is 2.71 bits per heavy atom. The van der Waals surface area contributed by atoms with Crippen LogP contribution < -0.4 is 5.32 Å². The summed E-state index contributed by atoms with van der Waals surface area (Å²) in [6.45, 7) is 0. The summed E-state index contributed by atoms with van der Waals surface area (Å²) in [4.78, 5) is 11.2. The first-order valence-corrected chi connectivity index (χ1v) is 4.07. The molecule has 0 aliphatic carbocycles. The van der Waals surface area contributed by atoms with Gasteiger partial charge in [-0.05, 0) is 12.1 Å². The van der Waals surface area contributed by atoms with Gasteiger partial charge in [0, 0.05) is 5.56 Å². The van der Waals surface area contributed by atoms with E-state index in [0.717, 1.165) is 0 Å². The van der Waals surface area contributed by atoms with Crippen LogP contribution in [0, 0.1) is 24.7 Å². The van der Waals surface area contributed by atoms with Crippen LogP contribution in [0.3, 0.4) is 0 Å². The molecule has 1 aromatic carbocycles. The Morgan fingerprint density at radius 2 is 2.07 bits per heavy atom. The summed E-state index contributed by atoms with van der Waals surface area (Å²) >= 11 is 0. The Hall–Kier alpha value is -2.19. The fourth-order valence-corrected chi connectivity index (χ4v) is 1.01. The van der Waals surface area contributed by atoms with E-state index < -0.39 is 0 Å². The largest absolute Gasteiger partial charge is 0.324 e.